The van der Waals surface area contributed by atoms with Crippen LogP contribution in [0.2, 0.25) is 0 Å². The molecule has 2 N–H and O–H groups in total. The molecule has 0 atom stereocenters. The second-order valence-electron chi connectivity index (χ2n) is 4.83. The van der Waals surface area contributed by atoms with Crippen LogP contribution in [0.25, 0.3) is 0 Å². The number of para-hydroxylation sites is 1. The third kappa shape index (κ3) is 4.39. The van der Waals surface area contributed by atoms with Crippen molar-refractivity contribution in [2.24, 2.45) is 0 Å². The highest BCUT2D eigenvalue weighted by atomic mass is 16.5. The number of ether oxygens (including phenoxy) is 1. The lowest BCUT2D eigenvalue weighted by Gasteiger charge is -2.12. The van der Waals surface area contributed by atoms with Crippen LogP contribution in [0, 0.1) is 13.8 Å². The van der Waals surface area contributed by atoms with Crippen molar-refractivity contribution in [3.05, 3.63) is 35.5 Å². The fraction of sp³-hybridized carbons (Fsp3) is 0.400. The van der Waals surface area contributed by atoms with E-state index in [0.717, 1.165) is 18.7 Å². The summed E-state index contributed by atoms with van der Waals surface area (Å²) in [6.45, 7) is 5.59. The number of rotatable bonds is 7. The molecule has 0 unspecified atom stereocenters. The van der Waals surface area contributed by atoms with Crippen molar-refractivity contribution in [2.45, 2.75) is 20.3 Å². The van der Waals surface area contributed by atoms with Gasteiger partial charge in [0.1, 0.15) is 0 Å². The first-order valence-electron chi connectivity index (χ1n) is 6.96. The van der Waals surface area contributed by atoms with Gasteiger partial charge in [-0.2, -0.15) is 10.1 Å². The first-order chi connectivity index (χ1) is 10.2. The Morgan fingerprint density at radius 2 is 1.95 bits per heavy atom. The molecule has 0 aliphatic carbocycles. The summed E-state index contributed by atoms with van der Waals surface area (Å²) in [5, 5.41) is 14.4. The van der Waals surface area contributed by atoms with Crippen molar-refractivity contribution in [1.82, 2.24) is 15.2 Å². The zero-order valence-electron chi connectivity index (χ0n) is 12.7. The molecule has 0 aliphatic heterocycles. The molecule has 0 aliphatic rings. The second-order valence-corrected chi connectivity index (χ2v) is 4.83. The molecule has 0 spiro atoms. The Kier molecular flexibility index (Phi) is 5.45. The molecule has 2 rings (SSSR count). The fourth-order valence-electron chi connectivity index (χ4n) is 2.00. The predicted octanol–water partition coefficient (Wildman–Crippen LogP) is 2.68. The molecule has 0 fully saturated rings. The van der Waals surface area contributed by atoms with Crippen LogP contribution in [0.3, 0.4) is 0 Å². The van der Waals surface area contributed by atoms with Crippen LogP contribution in [-0.4, -0.2) is 35.4 Å². The summed E-state index contributed by atoms with van der Waals surface area (Å²) in [7, 11) is 1.69. The third-order valence-electron chi connectivity index (χ3n) is 3.10. The highest BCUT2D eigenvalue weighted by Gasteiger charge is 2.05. The molecule has 0 saturated heterocycles. The average molecular weight is 287 g/mol. The van der Waals surface area contributed by atoms with E-state index in [0.29, 0.717) is 18.4 Å². The number of hydrogen-bond donors (Lipinski definition) is 2. The molecule has 0 saturated carbocycles. The Bertz CT molecular complexity index is 568. The minimum Gasteiger partial charge on any atom is -0.385 e. The Morgan fingerprint density at radius 3 is 2.67 bits per heavy atom. The molecule has 21 heavy (non-hydrogen) atoms. The maximum atomic E-state index is 5.00. The van der Waals surface area contributed by atoms with Gasteiger partial charge in [0.15, 0.2) is 5.82 Å². The lowest BCUT2D eigenvalue weighted by molar-refractivity contribution is 0.197. The van der Waals surface area contributed by atoms with Gasteiger partial charge in [0, 0.05) is 25.9 Å². The van der Waals surface area contributed by atoms with E-state index in [2.05, 4.69) is 51.8 Å². The zero-order valence-corrected chi connectivity index (χ0v) is 12.7. The van der Waals surface area contributed by atoms with E-state index < -0.39 is 0 Å². The minimum absolute atomic E-state index is 0.516. The number of nitrogens with one attached hydrogen (secondary N) is 2. The van der Waals surface area contributed by atoms with E-state index in [9.17, 15) is 0 Å². The molecule has 6 heteroatoms. The van der Waals surface area contributed by atoms with Crippen molar-refractivity contribution in [2.75, 3.05) is 30.9 Å². The molecule has 0 bridgehead atoms. The Labute approximate surface area is 125 Å². The maximum Gasteiger partial charge on any atom is 0.244 e. The van der Waals surface area contributed by atoms with Gasteiger partial charge in [-0.15, -0.1) is 5.10 Å². The molecule has 0 amide bonds. The van der Waals surface area contributed by atoms with E-state index in [4.69, 9.17) is 4.74 Å². The van der Waals surface area contributed by atoms with Crippen LogP contribution in [0.5, 0.6) is 0 Å². The predicted molar refractivity (Wildman–Crippen MR) is 84.0 cm³/mol. The normalized spacial score (nSPS) is 10.4. The van der Waals surface area contributed by atoms with Crippen molar-refractivity contribution in [3.8, 4) is 0 Å². The molecule has 112 valence electrons. The molecule has 6 nitrogen and oxygen atoms in total. The monoisotopic (exact) mass is 287 g/mol. The van der Waals surface area contributed by atoms with Gasteiger partial charge in [-0.1, -0.05) is 18.2 Å². The first kappa shape index (κ1) is 15.2. The fourth-order valence-corrected chi connectivity index (χ4v) is 2.00. The summed E-state index contributed by atoms with van der Waals surface area (Å²) in [4.78, 5) is 4.41. The quantitative estimate of drug-likeness (QED) is 0.763. The van der Waals surface area contributed by atoms with Crippen LogP contribution in [0.1, 0.15) is 17.5 Å². The molecular weight excluding hydrogens is 266 g/mol. The van der Waals surface area contributed by atoms with E-state index in [1.54, 1.807) is 13.3 Å². The molecule has 1 heterocycles. The standard InChI is InChI=1S/C15H21N5O/c1-11-6-4-7-12(2)14(11)18-13-10-17-20-15(19-13)16-8-5-9-21-3/h4,6-7,10H,5,8-9H2,1-3H3,(H2,16,18,19,20). The SMILES string of the molecule is COCCCNc1nncc(Nc2c(C)cccc2C)n1. The Hall–Kier alpha value is -2.21. The number of hydrogen-bond acceptors (Lipinski definition) is 6. The van der Waals surface area contributed by atoms with Crippen molar-refractivity contribution < 1.29 is 4.74 Å². The van der Waals surface area contributed by atoms with Crippen LogP contribution in [0.15, 0.2) is 24.4 Å². The van der Waals surface area contributed by atoms with Gasteiger partial charge in [0.2, 0.25) is 5.95 Å². The topological polar surface area (TPSA) is 72.0 Å². The number of anilines is 3. The Balaban J connectivity index is 2.04. The van der Waals surface area contributed by atoms with Crippen LogP contribution in [0.4, 0.5) is 17.5 Å². The van der Waals surface area contributed by atoms with Gasteiger partial charge >= 0.3 is 0 Å². The van der Waals surface area contributed by atoms with E-state index in [-0.39, 0.29) is 0 Å². The van der Waals surface area contributed by atoms with Gasteiger partial charge < -0.3 is 15.4 Å². The van der Waals surface area contributed by atoms with Crippen molar-refractivity contribution >= 4 is 17.5 Å². The molecule has 1 aromatic heterocycles. The van der Waals surface area contributed by atoms with Crippen LogP contribution >= 0.6 is 0 Å². The summed E-state index contributed by atoms with van der Waals surface area (Å²) in [5.41, 5.74) is 3.40. The highest BCUT2D eigenvalue weighted by Crippen LogP contribution is 2.23. The third-order valence-corrected chi connectivity index (χ3v) is 3.10. The number of methoxy groups -OCH3 is 1. The lowest BCUT2D eigenvalue weighted by atomic mass is 10.1. The van der Waals surface area contributed by atoms with Gasteiger partial charge in [-0.05, 0) is 31.4 Å². The van der Waals surface area contributed by atoms with Gasteiger partial charge in [-0.3, -0.25) is 0 Å². The van der Waals surface area contributed by atoms with E-state index >= 15 is 0 Å². The largest absolute Gasteiger partial charge is 0.385 e. The molecular formula is C15H21N5O. The average Bonchev–Trinajstić information content (AvgIpc) is 2.48. The van der Waals surface area contributed by atoms with E-state index in [1.807, 2.05) is 6.07 Å². The van der Waals surface area contributed by atoms with Gasteiger partial charge in [-0.25, -0.2) is 0 Å². The molecule has 2 aromatic rings. The number of aryl methyl sites for hydroxylation is 2. The summed E-state index contributed by atoms with van der Waals surface area (Å²) in [6.07, 6.45) is 2.51. The molecule has 1 aromatic carbocycles. The van der Waals surface area contributed by atoms with Crippen LogP contribution in [-0.2, 0) is 4.74 Å². The van der Waals surface area contributed by atoms with Gasteiger partial charge in [0.25, 0.3) is 0 Å². The smallest absolute Gasteiger partial charge is 0.244 e. The van der Waals surface area contributed by atoms with Gasteiger partial charge in [0.05, 0.1) is 6.20 Å². The zero-order chi connectivity index (χ0) is 15.1. The van der Waals surface area contributed by atoms with E-state index in [1.165, 1.54) is 11.1 Å². The van der Waals surface area contributed by atoms with Crippen molar-refractivity contribution in [3.63, 3.8) is 0 Å². The van der Waals surface area contributed by atoms with Crippen molar-refractivity contribution in [1.29, 1.82) is 0 Å². The summed E-state index contributed by atoms with van der Waals surface area (Å²) >= 11 is 0. The summed E-state index contributed by atoms with van der Waals surface area (Å²) < 4.78 is 5.00. The highest BCUT2D eigenvalue weighted by molar-refractivity contribution is 5.64. The maximum absolute atomic E-state index is 5.00. The minimum atomic E-state index is 0.516. The Morgan fingerprint density at radius 1 is 1.19 bits per heavy atom. The summed E-state index contributed by atoms with van der Waals surface area (Å²) in [6, 6.07) is 6.17. The second kappa shape index (κ2) is 7.54. The number of benzene rings is 1. The van der Waals surface area contributed by atoms with Crippen LogP contribution < -0.4 is 10.6 Å². The first-order valence-corrected chi connectivity index (χ1v) is 6.96. The number of nitrogens with zero attached hydrogens (tertiary/aromatic N) is 3. The molecule has 0 radical (unpaired) electrons. The lowest BCUT2D eigenvalue weighted by Crippen LogP contribution is -2.09. The summed E-state index contributed by atoms with van der Waals surface area (Å²) in [5.74, 6) is 1.19. The number of aromatic nitrogens is 3.